The summed E-state index contributed by atoms with van der Waals surface area (Å²) in [6.07, 6.45) is 5.97. The van der Waals surface area contributed by atoms with Crippen molar-refractivity contribution < 1.29 is 13.2 Å². The maximum absolute atomic E-state index is 12.3. The van der Waals surface area contributed by atoms with E-state index in [1.807, 2.05) is 31.2 Å². The summed E-state index contributed by atoms with van der Waals surface area (Å²) in [5.41, 5.74) is 2.06. The molecule has 0 aliphatic rings. The van der Waals surface area contributed by atoms with Crippen LogP contribution in [0.3, 0.4) is 0 Å². The van der Waals surface area contributed by atoms with Crippen LogP contribution in [-0.2, 0) is 16.4 Å². The second kappa shape index (κ2) is 7.77. The summed E-state index contributed by atoms with van der Waals surface area (Å²) in [7, 11) is -3.73. The van der Waals surface area contributed by atoms with Crippen LogP contribution in [-0.4, -0.2) is 20.9 Å². The highest BCUT2D eigenvalue weighted by molar-refractivity contribution is 7.89. The molecule has 2 aromatic rings. The summed E-state index contributed by atoms with van der Waals surface area (Å²) in [4.78, 5) is 12.3. The summed E-state index contributed by atoms with van der Waals surface area (Å²) in [5, 5.41) is 2.74. The predicted molar refractivity (Wildman–Crippen MR) is 94.2 cm³/mol. The number of nitrogens with one attached hydrogen (secondary N) is 2. The lowest BCUT2D eigenvalue weighted by Gasteiger charge is -2.08. The van der Waals surface area contributed by atoms with Crippen LogP contribution in [0.15, 0.2) is 53.4 Å². The van der Waals surface area contributed by atoms with Gasteiger partial charge in [-0.05, 0) is 42.3 Å². The Morgan fingerprint density at radius 2 is 1.88 bits per heavy atom. The van der Waals surface area contributed by atoms with E-state index in [1.165, 1.54) is 23.8 Å². The van der Waals surface area contributed by atoms with E-state index in [2.05, 4.69) is 16.0 Å². The Morgan fingerprint density at radius 1 is 1.17 bits per heavy atom. The lowest BCUT2D eigenvalue weighted by molar-refractivity contribution is 0.102. The van der Waals surface area contributed by atoms with Crippen LogP contribution < -0.4 is 10.0 Å². The SMILES string of the molecule is C#CCNS(=O)(=O)c1cccc(C(=O)Nc2ccc(CC)cc2)c1. The number of terminal acetylenes is 1. The molecule has 0 saturated carbocycles. The van der Waals surface area contributed by atoms with Crippen molar-refractivity contribution in [1.29, 1.82) is 0 Å². The van der Waals surface area contributed by atoms with E-state index in [0.717, 1.165) is 6.42 Å². The van der Waals surface area contributed by atoms with Gasteiger partial charge in [0.15, 0.2) is 0 Å². The van der Waals surface area contributed by atoms with Crippen molar-refractivity contribution in [2.75, 3.05) is 11.9 Å². The standard InChI is InChI=1S/C18H18N2O3S/c1-3-12-19-24(22,23)17-7-5-6-15(13-17)18(21)20-16-10-8-14(4-2)9-11-16/h1,5-11,13,19H,4,12H2,2H3,(H,20,21). The highest BCUT2D eigenvalue weighted by Crippen LogP contribution is 2.15. The molecule has 0 bridgehead atoms. The fraction of sp³-hybridized carbons (Fsp3) is 0.167. The fourth-order valence-electron chi connectivity index (χ4n) is 2.05. The smallest absolute Gasteiger partial charge is 0.255 e. The normalized spacial score (nSPS) is 10.8. The molecule has 2 N–H and O–H groups in total. The number of carbonyl (C=O) groups excluding carboxylic acids is 1. The van der Waals surface area contributed by atoms with E-state index < -0.39 is 10.0 Å². The van der Waals surface area contributed by atoms with E-state index in [0.29, 0.717) is 5.69 Å². The summed E-state index contributed by atoms with van der Waals surface area (Å²) in [5.74, 6) is 1.82. The van der Waals surface area contributed by atoms with Gasteiger partial charge in [0, 0.05) is 11.3 Å². The number of aryl methyl sites for hydroxylation is 1. The fourth-order valence-corrected chi connectivity index (χ4v) is 3.03. The van der Waals surface area contributed by atoms with Gasteiger partial charge in [0.25, 0.3) is 5.91 Å². The van der Waals surface area contributed by atoms with Crippen molar-refractivity contribution >= 4 is 21.6 Å². The van der Waals surface area contributed by atoms with Gasteiger partial charge in [0.1, 0.15) is 0 Å². The third kappa shape index (κ3) is 4.44. The van der Waals surface area contributed by atoms with Gasteiger partial charge >= 0.3 is 0 Å². The lowest BCUT2D eigenvalue weighted by atomic mass is 10.1. The number of sulfonamides is 1. The maximum atomic E-state index is 12.3. The van der Waals surface area contributed by atoms with Gasteiger partial charge in [-0.25, -0.2) is 8.42 Å². The Kier molecular flexibility index (Phi) is 5.74. The number of amides is 1. The zero-order valence-corrected chi connectivity index (χ0v) is 14.1. The molecule has 6 heteroatoms. The molecule has 2 rings (SSSR count). The quantitative estimate of drug-likeness (QED) is 0.792. The molecule has 0 saturated heterocycles. The van der Waals surface area contributed by atoms with Gasteiger partial charge < -0.3 is 5.32 Å². The molecule has 5 nitrogen and oxygen atoms in total. The monoisotopic (exact) mass is 342 g/mol. The second-order valence-corrected chi connectivity index (χ2v) is 6.83. The molecule has 1 amide bonds. The minimum absolute atomic E-state index is 0.00766. The van der Waals surface area contributed by atoms with Gasteiger partial charge in [-0.1, -0.05) is 31.0 Å². The number of hydrogen-bond acceptors (Lipinski definition) is 3. The first-order valence-electron chi connectivity index (χ1n) is 7.39. The first-order chi connectivity index (χ1) is 11.5. The molecule has 0 radical (unpaired) electrons. The first kappa shape index (κ1) is 17.7. The predicted octanol–water partition coefficient (Wildman–Crippen LogP) is 2.41. The topological polar surface area (TPSA) is 75.3 Å². The molecular weight excluding hydrogens is 324 g/mol. The molecule has 0 atom stereocenters. The number of carbonyl (C=O) groups is 1. The summed E-state index contributed by atoms with van der Waals surface area (Å²) in [6.45, 7) is 1.94. The zero-order chi connectivity index (χ0) is 17.6. The molecule has 0 aliphatic heterocycles. The molecule has 0 fully saturated rings. The van der Waals surface area contributed by atoms with Crippen LogP contribution >= 0.6 is 0 Å². The summed E-state index contributed by atoms with van der Waals surface area (Å²) >= 11 is 0. The maximum Gasteiger partial charge on any atom is 0.255 e. The van der Waals surface area contributed by atoms with Crippen LogP contribution in [0.4, 0.5) is 5.69 Å². The van der Waals surface area contributed by atoms with E-state index >= 15 is 0 Å². The third-order valence-electron chi connectivity index (χ3n) is 3.39. The van der Waals surface area contributed by atoms with Crippen LogP contribution in [0.25, 0.3) is 0 Å². The van der Waals surface area contributed by atoms with Crippen molar-refractivity contribution in [3.8, 4) is 12.3 Å². The van der Waals surface area contributed by atoms with Crippen LogP contribution in [0, 0.1) is 12.3 Å². The molecule has 0 aliphatic carbocycles. The van der Waals surface area contributed by atoms with Crippen molar-refractivity contribution in [1.82, 2.24) is 4.72 Å². The molecule has 0 aromatic heterocycles. The molecule has 24 heavy (non-hydrogen) atoms. The van der Waals surface area contributed by atoms with E-state index in [9.17, 15) is 13.2 Å². The zero-order valence-electron chi connectivity index (χ0n) is 13.2. The average molecular weight is 342 g/mol. The first-order valence-corrected chi connectivity index (χ1v) is 8.88. The molecule has 124 valence electrons. The molecule has 0 heterocycles. The summed E-state index contributed by atoms with van der Waals surface area (Å²) in [6, 6.07) is 13.3. The Hall–Kier alpha value is -2.62. The number of rotatable bonds is 6. The minimum atomic E-state index is -3.73. The molecule has 0 spiro atoms. The van der Waals surface area contributed by atoms with E-state index in [-0.39, 0.29) is 22.9 Å². The van der Waals surface area contributed by atoms with Gasteiger partial charge in [-0.3, -0.25) is 4.79 Å². The lowest BCUT2D eigenvalue weighted by Crippen LogP contribution is -2.24. The van der Waals surface area contributed by atoms with Crippen LogP contribution in [0.1, 0.15) is 22.8 Å². The Morgan fingerprint density at radius 3 is 2.50 bits per heavy atom. The van der Waals surface area contributed by atoms with Crippen molar-refractivity contribution in [3.63, 3.8) is 0 Å². The minimum Gasteiger partial charge on any atom is -0.322 e. The van der Waals surface area contributed by atoms with Gasteiger partial charge in [-0.15, -0.1) is 6.42 Å². The van der Waals surface area contributed by atoms with Crippen molar-refractivity contribution in [2.24, 2.45) is 0 Å². The van der Waals surface area contributed by atoms with E-state index in [1.54, 1.807) is 6.07 Å². The number of benzene rings is 2. The van der Waals surface area contributed by atoms with Gasteiger partial charge in [0.2, 0.25) is 10.0 Å². The van der Waals surface area contributed by atoms with Crippen molar-refractivity contribution in [3.05, 3.63) is 59.7 Å². The highest BCUT2D eigenvalue weighted by atomic mass is 32.2. The number of hydrogen-bond donors (Lipinski definition) is 2. The highest BCUT2D eigenvalue weighted by Gasteiger charge is 2.15. The van der Waals surface area contributed by atoms with Crippen molar-refractivity contribution in [2.45, 2.75) is 18.2 Å². The Balaban J connectivity index is 2.18. The second-order valence-electron chi connectivity index (χ2n) is 5.06. The Bertz CT molecular complexity index is 866. The van der Waals surface area contributed by atoms with Crippen LogP contribution in [0.5, 0.6) is 0 Å². The Labute approximate surface area is 142 Å². The third-order valence-corrected chi connectivity index (χ3v) is 4.79. The van der Waals surface area contributed by atoms with Gasteiger partial charge in [0.05, 0.1) is 11.4 Å². The largest absolute Gasteiger partial charge is 0.322 e. The molecular formula is C18H18N2O3S. The average Bonchev–Trinajstić information content (AvgIpc) is 2.61. The van der Waals surface area contributed by atoms with Crippen LogP contribution in [0.2, 0.25) is 0 Å². The van der Waals surface area contributed by atoms with Gasteiger partial charge in [-0.2, -0.15) is 4.72 Å². The summed E-state index contributed by atoms with van der Waals surface area (Å²) < 4.78 is 26.4. The molecule has 2 aromatic carbocycles. The number of anilines is 1. The molecule has 0 unspecified atom stereocenters. The van der Waals surface area contributed by atoms with E-state index in [4.69, 9.17) is 6.42 Å².